The van der Waals surface area contributed by atoms with E-state index < -0.39 is 46.6 Å². The van der Waals surface area contributed by atoms with Crippen LogP contribution in [0.3, 0.4) is 0 Å². The van der Waals surface area contributed by atoms with Crippen molar-refractivity contribution in [3.63, 3.8) is 0 Å². The Morgan fingerprint density at radius 3 is 2.69 bits per heavy atom. The Hall–Kier alpha value is -2.80. The monoisotopic (exact) mass is 384 g/mol. The zero-order chi connectivity index (χ0) is 19.3. The molecule has 10 heteroatoms. The van der Waals surface area contributed by atoms with Crippen LogP contribution >= 0.6 is 11.8 Å². The number of urea groups is 1. The number of carbonyl (C=O) groups excluding carboxylic acids is 1. The number of anilines is 1. The van der Waals surface area contributed by atoms with Crippen LogP contribution < -0.4 is 10.6 Å². The molecule has 136 valence electrons. The molecule has 0 fully saturated rings. The fourth-order valence-electron chi connectivity index (χ4n) is 1.83. The molecule has 0 saturated heterocycles. The average Bonchev–Trinajstić information content (AvgIpc) is 2.61. The van der Waals surface area contributed by atoms with Gasteiger partial charge in [0, 0.05) is 17.9 Å². The van der Waals surface area contributed by atoms with Gasteiger partial charge in [-0.05, 0) is 19.1 Å². The molecule has 2 amide bonds. The molecule has 1 atom stereocenters. The summed E-state index contributed by atoms with van der Waals surface area (Å²) in [6.45, 7) is 1.36. The van der Waals surface area contributed by atoms with Gasteiger partial charge in [-0.25, -0.2) is 22.4 Å². The van der Waals surface area contributed by atoms with Gasteiger partial charge < -0.3 is 5.32 Å². The van der Waals surface area contributed by atoms with Gasteiger partial charge in [0.25, 0.3) is 0 Å². The second kappa shape index (κ2) is 8.53. The van der Waals surface area contributed by atoms with Crippen molar-refractivity contribution in [2.45, 2.75) is 13.0 Å². The van der Waals surface area contributed by atoms with E-state index in [4.69, 9.17) is 5.26 Å². The first-order chi connectivity index (χ1) is 12.3. The first-order valence-corrected chi connectivity index (χ1v) is 8.19. The van der Waals surface area contributed by atoms with Crippen molar-refractivity contribution in [2.75, 3.05) is 11.1 Å². The van der Waals surface area contributed by atoms with Crippen LogP contribution in [-0.4, -0.2) is 23.0 Å². The largest absolute Gasteiger partial charge is 0.325 e. The molecule has 5 nitrogen and oxygen atoms in total. The quantitative estimate of drug-likeness (QED) is 0.714. The van der Waals surface area contributed by atoms with Crippen LogP contribution in [0.2, 0.25) is 0 Å². The van der Waals surface area contributed by atoms with E-state index in [1.165, 1.54) is 13.0 Å². The number of halogens is 4. The summed E-state index contributed by atoms with van der Waals surface area (Å²) in [5, 5.41) is 12.9. The minimum absolute atomic E-state index is 0.0287. The molecule has 0 aliphatic carbocycles. The molecule has 0 aromatic heterocycles. The minimum Gasteiger partial charge on any atom is -0.305 e. The van der Waals surface area contributed by atoms with Gasteiger partial charge in [-0.2, -0.15) is 5.26 Å². The molecule has 1 unspecified atom stereocenters. The summed E-state index contributed by atoms with van der Waals surface area (Å²) in [5.41, 5.74) is -0.993. The number of carbonyl (C=O) groups is 1. The molecule has 2 rings (SSSR count). The molecule has 0 saturated carbocycles. The fraction of sp³-hybridized carbons (Fsp3) is 0.188. The van der Waals surface area contributed by atoms with Crippen LogP contribution in [-0.2, 0) is 0 Å². The van der Waals surface area contributed by atoms with E-state index in [0.29, 0.717) is 18.2 Å². The number of hydrogen-bond acceptors (Lipinski definition) is 4. The van der Waals surface area contributed by atoms with Crippen molar-refractivity contribution in [1.82, 2.24) is 5.32 Å². The Morgan fingerprint density at radius 2 is 2.00 bits per heavy atom. The third kappa shape index (κ3) is 5.10. The van der Waals surface area contributed by atoms with Gasteiger partial charge in [0.2, 0.25) is 0 Å². The number of thioether (sulfide) groups is 1. The zero-order valence-electron chi connectivity index (χ0n) is 13.3. The normalized spacial score (nSPS) is 19.5. The van der Waals surface area contributed by atoms with E-state index in [-0.39, 0.29) is 10.9 Å². The van der Waals surface area contributed by atoms with Gasteiger partial charge in [-0.3, -0.25) is 10.3 Å². The average molecular weight is 384 g/mol. The SMILES string of the molecule is CC1N=C(NC(=O)Nc2cc(F)c(C#N)cc2F)SC/C=C(/F)C=C1F. The maximum atomic E-state index is 13.8. The van der Waals surface area contributed by atoms with E-state index in [1.54, 1.807) is 0 Å². The van der Waals surface area contributed by atoms with Crippen molar-refractivity contribution in [1.29, 1.82) is 5.26 Å². The molecular formula is C16H12F4N4OS. The van der Waals surface area contributed by atoms with Gasteiger partial charge in [0.05, 0.1) is 11.3 Å². The van der Waals surface area contributed by atoms with Crippen LogP contribution in [0, 0.1) is 23.0 Å². The second-order valence-corrected chi connectivity index (χ2v) is 6.05. The number of nitrogens with zero attached hydrogens (tertiary/aromatic N) is 2. The molecular weight excluding hydrogens is 372 g/mol. The zero-order valence-corrected chi connectivity index (χ0v) is 14.1. The molecule has 1 aliphatic heterocycles. The smallest absolute Gasteiger partial charge is 0.305 e. The van der Waals surface area contributed by atoms with Crippen LogP contribution in [0.5, 0.6) is 0 Å². The highest BCUT2D eigenvalue weighted by molar-refractivity contribution is 8.14. The molecule has 1 aromatic rings. The van der Waals surface area contributed by atoms with Crippen LogP contribution in [0.25, 0.3) is 0 Å². The topological polar surface area (TPSA) is 77.3 Å². The van der Waals surface area contributed by atoms with E-state index in [0.717, 1.165) is 17.8 Å². The Kier molecular flexibility index (Phi) is 6.41. The van der Waals surface area contributed by atoms with Gasteiger partial charge in [0.15, 0.2) is 5.17 Å². The highest BCUT2D eigenvalue weighted by Gasteiger charge is 2.16. The molecule has 1 heterocycles. The number of amides is 2. The molecule has 1 aromatic carbocycles. The van der Waals surface area contributed by atoms with Crippen molar-refractivity contribution in [3.05, 3.63) is 53.1 Å². The number of nitrogens with one attached hydrogen (secondary N) is 2. The van der Waals surface area contributed by atoms with Crippen LogP contribution in [0.1, 0.15) is 12.5 Å². The van der Waals surface area contributed by atoms with E-state index in [1.807, 2.05) is 0 Å². The highest BCUT2D eigenvalue weighted by Crippen LogP contribution is 2.20. The summed E-state index contributed by atoms with van der Waals surface area (Å²) in [7, 11) is 0. The number of amidine groups is 1. The van der Waals surface area contributed by atoms with Crippen molar-refractivity contribution in [3.8, 4) is 6.07 Å². The van der Waals surface area contributed by atoms with Crippen LogP contribution in [0.15, 0.2) is 40.9 Å². The van der Waals surface area contributed by atoms with E-state index in [2.05, 4.69) is 15.6 Å². The Morgan fingerprint density at radius 1 is 1.27 bits per heavy atom. The Bertz CT molecular complexity index is 861. The number of aliphatic imine (C=N–C) groups is 1. The Balaban J connectivity index is 2.13. The molecule has 1 aliphatic rings. The first kappa shape index (κ1) is 19.5. The summed E-state index contributed by atoms with van der Waals surface area (Å²) in [6.07, 6.45) is 1.81. The summed E-state index contributed by atoms with van der Waals surface area (Å²) in [5.74, 6) is -3.53. The van der Waals surface area contributed by atoms with Crippen molar-refractivity contribution >= 4 is 28.6 Å². The standard InChI is InChI=1S/C16H12F4N4OS/c1-8-11(18)5-10(17)2-3-26-16(22-8)24-15(25)23-14-6-12(19)9(7-21)4-13(14)20/h2,4-6,8H,3H2,1H3,(H2,22,23,24,25)/b10-2+,11-5?. The third-order valence-electron chi connectivity index (χ3n) is 3.13. The van der Waals surface area contributed by atoms with E-state index >= 15 is 0 Å². The summed E-state index contributed by atoms with van der Waals surface area (Å²) < 4.78 is 54.3. The lowest BCUT2D eigenvalue weighted by atomic mass is 10.2. The lowest BCUT2D eigenvalue weighted by Crippen LogP contribution is -2.34. The van der Waals surface area contributed by atoms with Crippen molar-refractivity contribution < 1.29 is 22.4 Å². The molecule has 0 spiro atoms. The molecule has 2 N–H and O–H groups in total. The molecule has 0 radical (unpaired) electrons. The van der Waals surface area contributed by atoms with Gasteiger partial charge >= 0.3 is 6.03 Å². The lowest BCUT2D eigenvalue weighted by Gasteiger charge is -2.12. The predicted molar refractivity (Wildman–Crippen MR) is 91.0 cm³/mol. The summed E-state index contributed by atoms with van der Waals surface area (Å²) in [4.78, 5) is 15.9. The number of allylic oxidation sites excluding steroid dienone is 2. The number of rotatable bonds is 1. The number of nitriles is 1. The lowest BCUT2D eigenvalue weighted by molar-refractivity contribution is 0.256. The van der Waals surface area contributed by atoms with E-state index in [9.17, 15) is 22.4 Å². The number of hydrogen-bond donors (Lipinski definition) is 2. The first-order valence-electron chi connectivity index (χ1n) is 7.20. The summed E-state index contributed by atoms with van der Waals surface area (Å²) in [6, 6.07) is 0.777. The Labute approximate surface area is 150 Å². The fourth-order valence-corrected chi connectivity index (χ4v) is 2.63. The minimum atomic E-state index is -1.04. The van der Waals surface area contributed by atoms with Crippen molar-refractivity contribution in [2.24, 2.45) is 4.99 Å². The maximum Gasteiger partial charge on any atom is 0.325 e. The number of benzene rings is 1. The predicted octanol–water partition coefficient (Wildman–Crippen LogP) is 4.16. The molecule has 26 heavy (non-hydrogen) atoms. The third-order valence-corrected chi connectivity index (χ3v) is 3.94. The summed E-state index contributed by atoms with van der Waals surface area (Å²) >= 11 is 0.923. The second-order valence-electron chi connectivity index (χ2n) is 5.04. The maximum absolute atomic E-state index is 13.8. The molecule has 0 bridgehead atoms. The highest BCUT2D eigenvalue weighted by atomic mass is 32.2. The van der Waals surface area contributed by atoms with Crippen LogP contribution in [0.4, 0.5) is 28.0 Å². The van der Waals surface area contributed by atoms with Gasteiger partial charge in [-0.15, -0.1) is 0 Å². The van der Waals surface area contributed by atoms with Gasteiger partial charge in [-0.1, -0.05) is 11.8 Å². The van der Waals surface area contributed by atoms with Gasteiger partial charge in [0.1, 0.15) is 35.4 Å².